The molecule has 7 heteroatoms. The van der Waals surface area contributed by atoms with Crippen LogP contribution in [0.15, 0.2) is 35.3 Å². The van der Waals surface area contributed by atoms with Crippen molar-refractivity contribution in [3.05, 3.63) is 57.0 Å². The summed E-state index contributed by atoms with van der Waals surface area (Å²) in [6.45, 7) is 5.58. The third-order valence-electron chi connectivity index (χ3n) is 3.41. The molecule has 0 fully saturated rings. The van der Waals surface area contributed by atoms with Crippen molar-refractivity contribution in [2.45, 2.75) is 32.3 Å². The smallest absolute Gasteiger partial charge is 0.298 e. The van der Waals surface area contributed by atoms with E-state index in [2.05, 4.69) is 25.9 Å². The van der Waals surface area contributed by atoms with Crippen LogP contribution in [0, 0.1) is 0 Å². The van der Waals surface area contributed by atoms with Crippen molar-refractivity contribution >= 4 is 34.5 Å². The molecule has 1 aromatic carbocycles. The molecule has 0 amide bonds. The van der Waals surface area contributed by atoms with Gasteiger partial charge in [-0.3, -0.25) is 4.79 Å². The van der Waals surface area contributed by atoms with Crippen LogP contribution in [0.25, 0.3) is 0 Å². The van der Waals surface area contributed by atoms with E-state index in [4.69, 9.17) is 16.3 Å². The summed E-state index contributed by atoms with van der Waals surface area (Å²) in [4.78, 5) is 11.7. The summed E-state index contributed by atoms with van der Waals surface area (Å²) in [6.07, 6.45) is 0.468. The highest BCUT2D eigenvalue weighted by Crippen LogP contribution is 2.28. The predicted octanol–water partition coefficient (Wildman–Crippen LogP) is 4.48. The highest BCUT2D eigenvalue weighted by atomic mass is 127. The number of ether oxygens (including phenoxy) is 1. The standard InChI is InChI=1S/C16H17ClFIN2O2/c1-16(2,3)11-6-4-10(5-7-11)12(8-18)23-13-9-20-21(19)15(22)14(13)17/h4-7,9,12H,8H2,1-3H3. The van der Waals surface area contributed by atoms with Crippen molar-refractivity contribution < 1.29 is 9.13 Å². The van der Waals surface area contributed by atoms with Crippen LogP contribution in [0.3, 0.4) is 0 Å². The molecule has 2 aromatic rings. The topological polar surface area (TPSA) is 44.1 Å². The minimum Gasteiger partial charge on any atom is -0.479 e. The molecule has 124 valence electrons. The first-order valence-corrected chi connectivity index (χ1v) is 8.35. The summed E-state index contributed by atoms with van der Waals surface area (Å²) in [5.41, 5.74) is 1.34. The van der Waals surface area contributed by atoms with Crippen molar-refractivity contribution in [3.8, 4) is 5.75 Å². The minimum atomic E-state index is -0.840. The van der Waals surface area contributed by atoms with Gasteiger partial charge in [0.05, 0.1) is 29.1 Å². The van der Waals surface area contributed by atoms with Gasteiger partial charge in [-0.2, -0.15) is 7.99 Å². The largest absolute Gasteiger partial charge is 0.479 e. The molecule has 0 N–H and O–H groups in total. The van der Waals surface area contributed by atoms with Crippen LogP contribution in [0.1, 0.15) is 38.0 Å². The van der Waals surface area contributed by atoms with Crippen LogP contribution in [0.2, 0.25) is 5.02 Å². The van der Waals surface area contributed by atoms with E-state index in [0.29, 0.717) is 5.56 Å². The van der Waals surface area contributed by atoms with E-state index in [0.717, 1.165) is 8.46 Å². The second kappa shape index (κ2) is 7.17. The molecule has 1 heterocycles. The Labute approximate surface area is 153 Å². The quantitative estimate of drug-likeness (QED) is 0.645. The monoisotopic (exact) mass is 450 g/mol. The fourth-order valence-electron chi connectivity index (χ4n) is 2.02. The normalized spacial score (nSPS) is 13.0. The van der Waals surface area contributed by atoms with Crippen LogP contribution < -0.4 is 10.3 Å². The zero-order chi connectivity index (χ0) is 17.2. The Kier molecular flexibility index (Phi) is 5.67. The second-order valence-electron chi connectivity index (χ2n) is 6.12. The van der Waals surface area contributed by atoms with Gasteiger partial charge in [-0.05, 0) is 16.5 Å². The Morgan fingerprint density at radius 1 is 1.35 bits per heavy atom. The Morgan fingerprint density at radius 3 is 2.48 bits per heavy atom. The van der Waals surface area contributed by atoms with E-state index in [9.17, 15) is 9.18 Å². The van der Waals surface area contributed by atoms with Gasteiger partial charge in [0.15, 0.2) is 16.9 Å². The van der Waals surface area contributed by atoms with E-state index in [1.165, 1.54) is 6.20 Å². The fourth-order valence-corrected chi connectivity index (χ4v) is 2.70. The first kappa shape index (κ1) is 18.2. The van der Waals surface area contributed by atoms with Crippen molar-refractivity contribution in [1.29, 1.82) is 0 Å². The van der Waals surface area contributed by atoms with Gasteiger partial charge in [0.1, 0.15) is 6.67 Å². The molecule has 1 unspecified atom stereocenters. The van der Waals surface area contributed by atoms with Crippen molar-refractivity contribution in [2.24, 2.45) is 0 Å². The third-order valence-corrected chi connectivity index (χ3v) is 4.44. The number of aromatic nitrogens is 2. The SMILES string of the molecule is CC(C)(C)c1ccc(C(CF)Oc2cnn(I)c(=O)c2Cl)cc1. The van der Waals surface area contributed by atoms with Crippen LogP contribution >= 0.6 is 34.5 Å². The van der Waals surface area contributed by atoms with Crippen LogP contribution in [-0.2, 0) is 5.41 Å². The lowest BCUT2D eigenvalue weighted by Crippen LogP contribution is -2.18. The maximum absolute atomic E-state index is 13.4. The molecule has 1 aromatic heterocycles. The molecule has 0 bridgehead atoms. The van der Waals surface area contributed by atoms with E-state index in [-0.39, 0.29) is 16.2 Å². The van der Waals surface area contributed by atoms with Crippen LogP contribution in [0.5, 0.6) is 5.75 Å². The molecule has 0 aliphatic heterocycles. The molecule has 0 aliphatic carbocycles. The Bertz CT molecular complexity index is 741. The molecule has 1 atom stereocenters. The number of alkyl halides is 1. The first-order chi connectivity index (χ1) is 10.7. The Balaban J connectivity index is 2.27. The summed E-state index contributed by atoms with van der Waals surface area (Å²) in [7, 11) is 0. The maximum atomic E-state index is 13.4. The summed E-state index contributed by atoms with van der Waals surface area (Å²) in [5, 5.41) is 3.71. The van der Waals surface area contributed by atoms with E-state index >= 15 is 0 Å². The van der Waals surface area contributed by atoms with Gasteiger partial charge < -0.3 is 4.74 Å². The number of hydrogen-bond donors (Lipinski definition) is 0. The Hall–Kier alpha value is -1.15. The van der Waals surface area contributed by atoms with Gasteiger partial charge in [-0.25, -0.2) is 4.39 Å². The molecule has 0 spiro atoms. The van der Waals surface area contributed by atoms with Crippen LogP contribution in [0.4, 0.5) is 4.39 Å². The molecular formula is C16H17ClFIN2O2. The van der Waals surface area contributed by atoms with E-state index in [1.54, 1.807) is 22.9 Å². The lowest BCUT2D eigenvalue weighted by Gasteiger charge is -2.21. The van der Waals surface area contributed by atoms with Crippen molar-refractivity contribution in [3.63, 3.8) is 0 Å². The molecule has 4 nitrogen and oxygen atoms in total. The summed E-state index contributed by atoms with van der Waals surface area (Å²) in [5.74, 6) is 0.0760. The molecule has 0 saturated heterocycles. The third kappa shape index (κ3) is 4.23. The summed E-state index contributed by atoms with van der Waals surface area (Å²) < 4.78 is 20.0. The zero-order valence-corrected chi connectivity index (χ0v) is 15.9. The van der Waals surface area contributed by atoms with E-state index < -0.39 is 18.3 Å². The highest BCUT2D eigenvalue weighted by Gasteiger charge is 2.19. The van der Waals surface area contributed by atoms with Crippen molar-refractivity contribution in [1.82, 2.24) is 7.99 Å². The average Bonchev–Trinajstić information content (AvgIpc) is 2.51. The number of hydrogen-bond acceptors (Lipinski definition) is 3. The molecule has 23 heavy (non-hydrogen) atoms. The first-order valence-electron chi connectivity index (χ1n) is 7.01. The van der Waals surface area contributed by atoms with Gasteiger partial charge >= 0.3 is 0 Å². The molecule has 0 aliphatic rings. The van der Waals surface area contributed by atoms with Gasteiger partial charge in [-0.1, -0.05) is 56.6 Å². The second-order valence-corrected chi connectivity index (χ2v) is 7.41. The highest BCUT2D eigenvalue weighted by molar-refractivity contribution is 14.1. The van der Waals surface area contributed by atoms with E-state index in [1.807, 2.05) is 24.3 Å². The molecule has 2 rings (SSSR count). The number of rotatable bonds is 4. The maximum Gasteiger partial charge on any atom is 0.298 e. The lowest BCUT2D eigenvalue weighted by molar-refractivity contribution is 0.166. The van der Waals surface area contributed by atoms with Crippen LogP contribution in [-0.4, -0.2) is 14.7 Å². The Morgan fingerprint density at radius 2 is 1.96 bits per heavy atom. The van der Waals surface area contributed by atoms with Gasteiger partial charge in [-0.15, -0.1) is 0 Å². The lowest BCUT2D eigenvalue weighted by atomic mass is 9.86. The van der Waals surface area contributed by atoms with Gasteiger partial charge in [0, 0.05) is 0 Å². The van der Waals surface area contributed by atoms with Gasteiger partial charge in [0.2, 0.25) is 0 Å². The summed E-state index contributed by atoms with van der Waals surface area (Å²) in [6, 6.07) is 7.55. The molecule has 0 radical (unpaired) electrons. The average molecular weight is 451 g/mol. The molecular weight excluding hydrogens is 434 g/mol. The summed E-state index contributed by atoms with van der Waals surface area (Å²) >= 11 is 7.66. The minimum absolute atomic E-state index is 0.0165. The molecule has 0 saturated carbocycles. The predicted molar refractivity (Wildman–Crippen MR) is 97.4 cm³/mol. The number of nitrogens with zero attached hydrogens (tertiary/aromatic N) is 2. The number of benzene rings is 1. The zero-order valence-electron chi connectivity index (χ0n) is 13.0. The van der Waals surface area contributed by atoms with Crippen molar-refractivity contribution in [2.75, 3.05) is 6.67 Å². The van der Waals surface area contributed by atoms with Gasteiger partial charge in [0.25, 0.3) is 5.56 Å². The number of halogens is 3. The fraction of sp³-hybridized carbons (Fsp3) is 0.375.